The maximum atomic E-state index is 13.5. The number of ether oxygens (including phenoxy) is 1. The first-order valence-corrected chi connectivity index (χ1v) is 26.4. The quantitative estimate of drug-likeness (QED) is 0.0761. The minimum absolute atomic E-state index is 0.101. The van der Waals surface area contributed by atoms with Crippen molar-refractivity contribution in [3.63, 3.8) is 0 Å². The van der Waals surface area contributed by atoms with Crippen LogP contribution in [-0.4, -0.2) is 70.2 Å². The molecule has 0 saturated carbocycles. The zero-order valence-corrected chi connectivity index (χ0v) is 36.2. The number of hydrogen-bond acceptors (Lipinski definition) is 5. The summed E-state index contributed by atoms with van der Waals surface area (Å²) in [6.45, 7) is 22.5. The number of benzene rings is 1. The third kappa shape index (κ3) is 12.7. The minimum atomic E-state index is -2.75. The van der Waals surface area contributed by atoms with Gasteiger partial charge in [-0.15, -0.1) is 0 Å². The second-order valence-electron chi connectivity index (χ2n) is 17.3. The predicted octanol–water partition coefficient (Wildman–Crippen LogP) is 9.01. The molecule has 0 bridgehead atoms. The van der Waals surface area contributed by atoms with E-state index in [9.17, 15) is 29.4 Å². The van der Waals surface area contributed by atoms with E-state index in [1.165, 1.54) is 55.4 Å². The summed E-state index contributed by atoms with van der Waals surface area (Å²) in [6.07, 6.45) is 6.69. The molecule has 0 aliphatic carbocycles. The molecular weight excluding hydrogens is 739 g/mol. The number of amides is 2. The van der Waals surface area contributed by atoms with Crippen LogP contribution in [0.4, 0.5) is 4.79 Å². The number of hydrogen-bond donors (Lipinski definition) is 4. The first-order chi connectivity index (χ1) is 23.0. The molecule has 0 heterocycles. The molecule has 0 aliphatic heterocycles. The molecule has 4 N–H and O–H groups in total. The molecule has 0 spiro atoms. The maximum absolute atomic E-state index is 13.5. The Morgan fingerprint density at radius 2 is 1.32 bits per heavy atom. The van der Waals surface area contributed by atoms with Crippen LogP contribution >= 0.6 is 0 Å². The average molecular weight is 810 g/mol. The molecule has 0 aliphatic rings. The van der Waals surface area contributed by atoms with Gasteiger partial charge in [0.25, 0.3) is 0 Å². The molecule has 1 aromatic carbocycles. The Labute approximate surface area is 307 Å². The van der Waals surface area contributed by atoms with Crippen molar-refractivity contribution >= 4 is 45.9 Å². The topological polar surface area (TPSA) is 142 Å². The number of nitrogens with one attached hydrogen (secondary N) is 2. The number of carboxylic acids is 2. The van der Waals surface area contributed by atoms with E-state index in [4.69, 9.17) is 4.74 Å². The molecule has 0 saturated heterocycles. The van der Waals surface area contributed by atoms with E-state index in [1.54, 1.807) is 62.3 Å². The molecule has 286 valence electrons. The van der Waals surface area contributed by atoms with Crippen LogP contribution in [0.5, 0.6) is 0 Å². The first kappa shape index (κ1) is 45.7. The summed E-state index contributed by atoms with van der Waals surface area (Å²) in [5, 5.41) is 27.1. The van der Waals surface area contributed by atoms with E-state index in [2.05, 4.69) is 43.5 Å². The van der Waals surface area contributed by atoms with Crippen molar-refractivity contribution in [3.8, 4) is 0 Å². The van der Waals surface area contributed by atoms with E-state index in [-0.39, 0.29) is 18.9 Å². The van der Waals surface area contributed by atoms with Crippen molar-refractivity contribution in [1.29, 1.82) is 0 Å². The van der Waals surface area contributed by atoms with Gasteiger partial charge in [0.2, 0.25) is 0 Å². The van der Waals surface area contributed by atoms with Crippen LogP contribution in [0.2, 0.25) is 13.3 Å². The second-order valence-corrected chi connectivity index (χ2v) is 30.6. The van der Waals surface area contributed by atoms with E-state index in [0.29, 0.717) is 12.0 Å². The van der Waals surface area contributed by atoms with Gasteiger partial charge in [0.1, 0.15) is 5.60 Å². The molecule has 0 aromatic heterocycles. The normalized spacial score (nSPS) is 15.0. The standard InChI is InChI=1S/C28H43N2O7.3C4H9.Sn/c1-25(2,3)20(28(23(34)35,26(4,5)6)30-24(36)37-27(7,8)9)19(22(32)33)16-13-17-29-21(31)18-14-11-10-12-15-18;3*1-3-4-2;/h10-11,14-15,19-20H,13,16-17H2,1-9H3,(H,29,31)(H,30,36)(H,32,33)(H,34,35);3*1,3-4H2,2H3;/t19-,20?,28+;;;;/m0..../s1. The Morgan fingerprint density at radius 1 is 0.800 bits per heavy atom. The van der Waals surface area contributed by atoms with Crippen LogP contribution in [0.1, 0.15) is 145 Å². The second kappa shape index (κ2) is 19.5. The molecule has 0 radical (unpaired) electrons. The van der Waals surface area contributed by atoms with E-state index in [0.717, 1.165) is 0 Å². The van der Waals surface area contributed by atoms with Crippen molar-refractivity contribution in [3.05, 3.63) is 29.8 Å². The van der Waals surface area contributed by atoms with Gasteiger partial charge in [0.05, 0.1) is 0 Å². The van der Waals surface area contributed by atoms with Crippen LogP contribution in [-0.2, 0) is 14.3 Å². The van der Waals surface area contributed by atoms with Crippen LogP contribution in [0, 0.1) is 22.7 Å². The molecule has 1 rings (SSSR count). The summed E-state index contributed by atoms with van der Waals surface area (Å²) in [5.41, 5.74) is -4.22. The zero-order valence-electron chi connectivity index (χ0n) is 33.4. The third-order valence-electron chi connectivity index (χ3n) is 10.1. The summed E-state index contributed by atoms with van der Waals surface area (Å²) in [7, 11) is 0. The molecule has 1 aromatic rings. The van der Waals surface area contributed by atoms with Gasteiger partial charge in [-0.2, -0.15) is 0 Å². The first-order valence-electron chi connectivity index (χ1n) is 18.9. The van der Waals surface area contributed by atoms with Crippen LogP contribution in [0.25, 0.3) is 0 Å². The van der Waals surface area contributed by atoms with Gasteiger partial charge in [-0.05, 0) is 20.8 Å². The fourth-order valence-electron chi connectivity index (χ4n) is 7.66. The summed E-state index contributed by atoms with van der Waals surface area (Å²) >= 11 is -2.75. The number of carboxylic acid groups (broad SMARTS) is 2. The monoisotopic (exact) mass is 810 g/mol. The average Bonchev–Trinajstić information content (AvgIpc) is 2.99. The Bertz CT molecular complexity index is 1240. The van der Waals surface area contributed by atoms with Crippen LogP contribution in [0.15, 0.2) is 24.3 Å². The number of unbranched alkanes of at least 4 members (excludes halogenated alkanes) is 3. The summed E-state index contributed by atoms with van der Waals surface area (Å²) in [6, 6.07) is 8.27. The zero-order chi connectivity index (χ0) is 38.6. The number of aliphatic carboxylic acids is 2. The van der Waals surface area contributed by atoms with Gasteiger partial charge in [0, 0.05) is 0 Å². The Hall–Kier alpha value is -2.30. The van der Waals surface area contributed by atoms with Crippen LogP contribution in [0.3, 0.4) is 0 Å². The van der Waals surface area contributed by atoms with E-state index in [1.807, 2.05) is 12.1 Å². The molecule has 0 fully saturated rings. The van der Waals surface area contributed by atoms with Crippen LogP contribution < -0.4 is 14.2 Å². The molecule has 3 atom stereocenters. The van der Waals surface area contributed by atoms with E-state index < -0.39 is 70.2 Å². The summed E-state index contributed by atoms with van der Waals surface area (Å²) in [4.78, 5) is 53.0. The number of carbonyl (C=O) groups excluding carboxylic acids is 2. The fourth-order valence-corrected chi connectivity index (χ4v) is 23.7. The van der Waals surface area contributed by atoms with Gasteiger partial charge >= 0.3 is 242 Å². The van der Waals surface area contributed by atoms with Crippen molar-refractivity contribution < 1.29 is 34.1 Å². The molecule has 9 nitrogen and oxygen atoms in total. The SMILES string of the molecule is CCC[CH2][Sn]([CH2]CCC)([CH2]CCC)[c]1cccc(C(=O)NCCC[C@H](C(=O)O)C(C(C)(C)C)[C@@](NC(=O)OC(C)(C)C)(C(=O)O)C(C)(C)C)c1. The van der Waals surface area contributed by atoms with Crippen molar-refractivity contribution in [2.24, 2.45) is 22.7 Å². The number of alkyl carbamates (subject to hydrolysis) is 1. The van der Waals surface area contributed by atoms with Crippen molar-refractivity contribution in [1.82, 2.24) is 10.6 Å². The molecule has 1 unspecified atom stereocenters. The predicted molar refractivity (Wildman–Crippen MR) is 206 cm³/mol. The number of carbonyl (C=O) groups is 4. The van der Waals surface area contributed by atoms with Crippen molar-refractivity contribution in [2.45, 2.75) is 159 Å². The molecule has 10 heteroatoms. The molecule has 2 amide bonds. The summed E-state index contributed by atoms with van der Waals surface area (Å²) in [5.74, 6) is -4.85. The van der Waals surface area contributed by atoms with E-state index >= 15 is 0 Å². The fraction of sp³-hybridized carbons (Fsp3) is 0.750. The summed E-state index contributed by atoms with van der Waals surface area (Å²) < 4.78 is 10.8. The third-order valence-corrected chi connectivity index (χ3v) is 25.7. The van der Waals surface area contributed by atoms with Crippen molar-refractivity contribution in [2.75, 3.05) is 6.54 Å². The van der Waals surface area contributed by atoms with Gasteiger partial charge in [-0.25, -0.2) is 9.59 Å². The Balaban J connectivity index is 3.39. The van der Waals surface area contributed by atoms with Gasteiger partial charge in [-0.3, -0.25) is 0 Å². The molecular formula is C40H70N2O7Sn. The number of rotatable bonds is 20. The van der Waals surface area contributed by atoms with Gasteiger partial charge in [-0.1, -0.05) is 20.8 Å². The van der Waals surface area contributed by atoms with Gasteiger partial charge < -0.3 is 9.84 Å². The van der Waals surface area contributed by atoms with Gasteiger partial charge in [0.15, 0.2) is 0 Å². The Kier molecular flexibility index (Phi) is 17.8. The Morgan fingerprint density at radius 3 is 1.72 bits per heavy atom. The molecule has 50 heavy (non-hydrogen) atoms.